The second-order valence-corrected chi connectivity index (χ2v) is 10.4. The number of pyridine rings is 2. The molecule has 2 heterocycles. The molecule has 1 saturated carbocycles. The smallest absolute Gasteiger partial charge is 0.263 e. The number of benzene rings is 1. The van der Waals surface area contributed by atoms with E-state index in [0.29, 0.717) is 35.2 Å². The lowest BCUT2D eigenvalue weighted by Crippen LogP contribution is -2.38. The largest absolute Gasteiger partial charge is 0.490 e. The number of hydrogen-bond donors (Lipinski definition) is 2. The maximum atomic E-state index is 13.0. The van der Waals surface area contributed by atoms with Gasteiger partial charge in [0.25, 0.3) is 11.5 Å². The fourth-order valence-electron chi connectivity index (χ4n) is 3.68. The van der Waals surface area contributed by atoms with E-state index in [1.165, 1.54) is 30.9 Å². The Bertz CT molecular complexity index is 1470. The molecule has 4 rings (SSSR count). The molecule has 1 aliphatic rings. The molecule has 2 aromatic heterocycles. The second-order valence-electron chi connectivity index (χ2n) is 8.14. The molecule has 1 fully saturated rings. The number of nitriles is 1. The van der Waals surface area contributed by atoms with Gasteiger partial charge in [0.05, 0.1) is 17.1 Å². The number of hydrogen-bond acceptors (Lipinski definition) is 7. The summed E-state index contributed by atoms with van der Waals surface area (Å²) in [6.45, 7) is 0.126. The first kappa shape index (κ1) is 23.4. The average molecular weight is 482 g/mol. The fourth-order valence-corrected chi connectivity index (χ4v) is 4.97. The van der Waals surface area contributed by atoms with Crippen molar-refractivity contribution in [2.24, 2.45) is 7.05 Å². The number of amides is 1. The van der Waals surface area contributed by atoms with Gasteiger partial charge < -0.3 is 14.6 Å². The molecule has 0 saturated heterocycles. The average Bonchev–Trinajstić information content (AvgIpc) is 3.65. The maximum absolute atomic E-state index is 13.0. The van der Waals surface area contributed by atoms with Crippen molar-refractivity contribution >= 4 is 27.0 Å². The van der Waals surface area contributed by atoms with Crippen LogP contribution >= 0.6 is 0 Å². The van der Waals surface area contributed by atoms with Crippen LogP contribution in [0.4, 0.5) is 0 Å². The molecule has 11 heteroatoms. The van der Waals surface area contributed by atoms with E-state index < -0.39 is 26.2 Å². The van der Waals surface area contributed by atoms with Crippen LogP contribution in [0.3, 0.4) is 0 Å². The van der Waals surface area contributed by atoms with Gasteiger partial charge in [-0.05, 0) is 43.7 Å². The number of aryl methyl sites for hydroxylation is 1. The zero-order chi connectivity index (χ0) is 24.5. The summed E-state index contributed by atoms with van der Waals surface area (Å²) in [5.41, 5.74) is 1.41. The van der Waals surface area contributed by atoms with Crippen molar-refractivity contribution in [3.05, 3.63) is 69.6 Å². The molecule has 1 amide bonds. The molecule has 10 nitrogen and oxygen atoms in total. The minimum Gasteiger partial charge on any atom is -0.490 e. The normalized spacial score (nSPS) is 14.4. The quantitative estimate of drug-likeness (QED) is 0.492. The molecule has 0 aliphatic heterocycles. The zero-order valence-corrected chi connectivity index (χ0v) is 19.5. The topological polar surface area (TPSA) is 143 Å². The highest BCUT2D eigenvalue weighted by molar-refractivity contribution is 7.91. The molecular weight excluding hydrogens is 458 g/mol. The van der Waals surface area contributed by atoms with Gasteiger partial charge in [0.15, 0.2) is 0 Å². The third-order valence-corrected chi connectivity index (χ3v) is 8.19. The zero-order valence-electron chi connectivity index (χ0n) is 18.7. The minimum absolute atomic E-state index is 0.0592. The molecule has 3 aromatic rings. The number of sulfonamides is 1. The molecule has 1 aromatic carbocycles. The summed E-state index contributed by atoms with van der Waals surface area (Å²) < 4.78 is 33.1. The van der Waals surface area contributed by atoms with E-state index in [-0.39, 0.29) is 18.7 Å². The highest BCUT2D eigenvalue weighted by atomic mass is 32.2. The van der Waals surface area contributed by atoms with Crippen molar-refractivity contribution in [2.45, 2.75) is 24.1 Å². The summed E-state index contributed by atoms with van der Waals surface area (Å²) in [6, 6.07) is 11.7. The van der Waals surface area contributed by atoms with Crippen LogP contribution < -0.4 is 20.3 Å². The number of ether oxygens (including phenoxy) is 1. The molecular formula is C23H23N5O5S. The van der Waals surface area contributed by atoms with Crippen LogP contribution in [-0.2, 0) is 23.6 Å². The van der Waals surface area contributed by atoms with Gasteiger partial charge in [0.2, 0.25) is 10.0 Å². The predicted octanol–water partition coefficient (Wildman–Crippen LogP) is 1.20. The molecule has 34 heavy (non-hydrogen) atoms. The number of rotatable bonds is 8. The molecule has 2 N–H and O–H groups in total. The third kappa shape index (κ3) is 4.25. The van der Waals surface area contributed by atoms with Gasteiger partial charge in [-0.15, -0.1) is 0 Å². The Balaban J connectivity index is 1.58. The predicted molar refractivity (Wildman–Crippen MR) is 125 cm³/mol. The summed E-state index contributed by atoms with van der Waals surface area (Å²) in [7, 11) is -0.630. The summed E-state index contributed by atoms with van der Waals surface area (Å²) in [4.78, 5) is 30.0. The van der Waals surface area contributed by atoms with E-state index in [9.17, 15) is 18.0 Å². The van der Waals surface area contributed by atoms with Crippen LogP contribution in [0.5, 0.6) is 5.75 Å². The molecule has 1 aliphatic carbocycles. The van der Waals surface area contributed by atoms with Crippen LogP contribution in [0.15, 0.2) is 47.4 Å². The highest BCUT2D eigenvalue weighted by Gasteiger charge is 2.55. The van der Waals surface area contributed by atoms with E-state index in [4.69, 9.17) is 10.00 Å². The Hall–Kier alpha value is -3.75. The van der Waals surface area contributed by atoms with Gasteiger partial charge >= 0.3 is 0 Å². The van der Waals surface area contributed by atoms with Crippen molar-refractivity contribution in [1.29, 1.82) is 5.26 Å². The number of nitrogens with one attached hydrogen (secondary N) is 2. The van der Waals surface area contributed by atoms with Gasteiger partial charge in [0.1, 0.15) is 28.2 Å². The van der Waals surface area contributed by atoms with Crippen molar-refractivity contribution in [2.75, 3.05) is 13.7 Å². The molecule has 0 bridgehead atoms. The van der Waals surface area contributed by atoms with Crippen LogP contribution in [0.2, 0.25) is 0 Å². The standard InChI is InChI=1S/C23H23N5O5S/c1-25-34(31,32)23(8-9-23)14-33-19-7-10-26-18-11-17(22(30)28(2)20(18)19)21(29)27-13-16-5-3-15(12-24)4-6-16/h3-7,10-11,25H,8-9,13-14H2,1-2H3,(H,27,29). The number of carbonyl (C=O) groups excluding carboxylic acids is 1. The van der Waals surface area contributed by atoms with Gasteiger partial charge in [-0.1, -0.05) is 12.1 Å². The van der Waals surface area contributed by atoms with Crippen molar-refractivity contribution in [3.8, 4) is 11.8 Å². The van der Waals surface area contributed by atoms with Crippen molar-refractivity contribution < 1.29 is 17.9 Å². The Kier molecular flexibility index (Phi) is 6.12. The molecule has 176 valence electrons. The van der Waals surface area contributed by atoms with Crippen LogP contribution in [0, 0.1) is 11.3 Å². The first-order chi connectivity index (χ1) is 16.2. The summed E-state index contributed by atoms with van der Waals surface area (Å²) in [6.07, 6.45) is 2.45. The Morgan fingerprint density at radius 1 is 1.26 bits per heavy atom. The summed E-state index contributed by atoms with van der Waals surface area (Å²) >= 11 is 0. The molecule has 0 atom stereocenters. The van der Waals surface area contributed by atoms with Crippen LogP contribution in [0.25, 0.3) is 11.0 Å². The highest BCUT2D eigenvalue weighted by Crippen LogP contribution is 2.43. The van der Waals surface area contributed by atoms with Gasteiger partial charge in [-0.2, -0.15) is 5.26 Å². The van der Waals surface area contributed by atoms with Crippen LogP contribution in [-0.4, -0.2) is 42.3 Å². The van der Waals surface area contributed by atoms with E-state index in [2.05, 4.69) is 15.0 Å². The summed E-state index contributed by atoms with van der Waals surface area (Å²) in [5.74, 6) is -0.247. The fraction of sp³-hybridized carbons (Fsp3) is 0.304. The van der Waals surface area contributed by atoms with Gasteiger partial charge in [0, 0.05) is 25.9 Å². The summed E-state index contributed by atoms with van der Waals surface area (Å²) in [5, 5.41) is 11.6. The Morgan fingerprint density at radius 3 is 2.59 bits per heavy atom. The first-order valence-electron chi connectivity index (χ1n) is 10.5. The Morgan fingerprint density at radius 2 is 1.97 bits per heavy atom. The second kappa shape index (κ2) is 8.89. The van der Waals surface area contributed by atoms with E-state index >= 15 is 0 Å². The van der Waals surface area contributed by atoms with Crippen molar-refractivity contribution in [1.82, 2.24) is 19.6 Å². The molecule has 0 unspecified atom stereocenters. The maximum Gasteiger partial charge on any atom is 0.263 e. The minimum atomic E-state index is -3.51. The lowest BCUT2D eigenvalue weighted by Gasteiger charge is -2.18. The van der Waals surface area contributed by atoms with E-state index in [0.717, 1.165) is 5.56 Å². The van der Waals surface area contributed by atoms with E-state index in [1.807, 2.05) is 6.07 Å². The van der Waals surface area contributed by atoms with Gasteiger partial charge in [-0.3, -0.25) is 14.6 Å². The number of fused-ring (bicyclic) bond motifs is 1. The van der Waals surface area contributed by atoms with Crippen LogP contribution in [0.1, 0.15) is 34.3 Å². The number of nitrogens with zero attached hydrogens (tertiary/aromatic N) is 3. The lowest BCUT2D eigenvalue weighted by molar-refractivity contribution is 0.0949. The molecule has 0 radical (unpaired) electrons. The SMILES string of the molecule is CNS(=O)(=O)C1(COc2ccnc3cc(C(=O)NCc4ccc(C#N)cc4)c(=O)n(C)c23)CC1. The third-order valence-electron chi connectivity index (χ3n) is 5.98. The number of carbonyl (C=O) groups is 1. The Labute approximate surface area is 196 Å². The lowest BCUT2D eigenvalue weighted by atomic mass is 10.1. The van der Waals surface area contributed by atoms with E-state index in [1.54, 1.807) is 30.3 Å². The van der Waals surface area contributed by atoms with Crippen molar-refractivity contribution in [3.63, 3.8) is 0 Å². The monoisotopic (exact) mass is 481 g/mol. The molecule has 0 spiro atoms. The van der Waals surface area contributed by atoms with Gasteiger partial charge in [-0.25, -0.2) is 13.1 Å². The first-order valence-corrected chi connectivity index (χ1v) is 12.0. The number of aromatic nitrogens is 2.